The average molecular weight is 700 g/mol. The predicted molar refractivity (Wildman–Crippen MR) is 199 cm³/mol. The molecule has 10 rings (SSSR count). The number of phenols is 1. The Morgan fingerprint density at radius 1 is 0.736 bits per heavy atom. The lowest BCUT2D eigenvalue weighted by Gasteiger charge is -2.49. The highest BCUT2D eigenvalue weighted by Crippen LogP contribution is 2.65. The van der Waals surface area contributed by atoms with E-state index in [9.17, 15) is 24.3 Å². The summed E-state index contributed by atoms with van der Waals surface area (Å²) in [6, 6.07) is 34.6. The Morgan fingerprint density at radius 3 is 2.25 bits per heavy atom. The van der Waals surface area contributed by atoms with Crippen molar-refractivity contribution in [3.63, 3.8) is 0 Å². The maximum absolute atomic E-state index is 14.8. The third kappa shape index (κ3) is 4.33. The van der Waals surface area contributed by atoms with Crippen molar-refractivity contribution in [2.24, 2.45) is 29.1 Å². The fraction of sp³-hybridized carbons (Fsp3) is 0.205. The normalized spacial score (nSPS) is 26.6. The molecule has 0 radical (unpaired) electrons. The molecule has 0 spiro atoms. The molecular weight excluding hydrogens is 666 g/mol. The van der Waals surface area contributed by atoms with Gasteiger partial charge in [0.2, 0.25) is 29.5 Å². The second kappa shape index (κ2) is 11.3. The summed E-state index contributed by atoms with van der Waals surface area (Å²) >= 11 is 0. The first kappa shape index (κ1) is 31.4. The summed E-state index contributed by atoms with van der Waals surface area (Å²) in [5.41, 5.74) is 3.15. The first-order valence-corrected chi connectivity index (χ1v) is 17.9. The third-order valence-electron chi connectivity index (χ3n) is 12.2. The number of imide groups is 2. The molecule has 4 amide bonds. The summed E-state index contributed by atoms with van der Waals surface area (Å²) in [5, 5.41) is 13.3. The number of amides is 4. The molecule has 3 fully saturated rings. The van der Waals surface area contributed by atoms with Crippen molar-refractivity contribution in [3.8, 4) is 17.2 Å². The van der Waals surface area contributed by atoms with Gasteiger partial charge < -0.3 is 9.52 Å². The van der Waals surface area contributed by atoms with Crippen LogP contribution in [0.5, 0.6) is 5.75 Å². The molecule has 53 heavy (non-hydrogen) atoms. The maximum Gasteiger partial charge on any atom is 0.241 e. The predicted octanol–water partition coefficient (Wildman–Crippen LogP) is 7.79. The van der Waals surface area contributed by atoms with Crippen LogP contribution in [0.25, 0.3) is 33.3 Å². The van der Waals surface area contributed by atoms with E-state index in [-0.39, 0.29) is 35.8 Å². The largest absolute Gasteiger partial charge is 0.508 e. The molecule has 9 heteroatoms. The van der Waals surface area contributed by atoms with E-state index in [1.54, 1.807) is 54.6 Å². The van der Waals surface area contributed by atoms with Crippen molar-refractivity contribution in [2.45, 2.75) is 25.7 Å². The first-order chi connectivity index (χ1) is 25.8. The molecule has 1 saturated carbocycles. The smallest absolute Gasteiger partial charge is 0.241 e. The van der Waals surface area contributed by atoms with Gasteiger partial charge in [0.25, 0.3) is 0 Å². The number of hydrogen-bond donors (Lipinski definition) is 1. The van der Waals surface area contributed by atoms with E-state index in [4.69, 9.17) is 4.42 Å². The Morgan fingerprint density at radius 2 is 1.45 bits per heavy atom. The van der Waals surface area contributed by atoms with Crippen molar-refractivity contribution in [1.29, 1.82) is 0 Å². The van der Waals surface area contributed by atoms with E-state index in [1.807, 2.05) is 73.7 Å². The number of aromatic hydroxyl groups is 1. The van der Waals surface area contributed by atoms with Gasteiger partial charge in [-0.25, -0.2) is 9.88 Å². The molecule has 2 aliphatic heterocycles. The number of aromatic nitrogens is 1. The van der Waals surface area contributed by atoms with Crippen LogP contribution < -0.4 is 9.80 Å². The number of rotatable bonds is 4. The minimum Gasteiger partial charge on any atom is -0.508 e. The lowest BCUT2D eigenvalue weighted by Crippen LogP contribution is -2.49. The van der Waals surface area contributed by atoms with Crippen LogP contribution in [-0.2, 0) is 19.2 Å². The molecule has 6 unspecified atom stereocenters. The number of carbonyl (C=O) groups is 4. The molecule has 260 valence electrons. The molecule has 5 aromatic carbocycles. The van der Waals surface area contributed by atoms with Crippen molar-refractivity contribution in [1.82, 2.24) is 4.98 Å². The number of fused-ring (bicyclic) bond motifs is 6. The zero-order valence-corrected chi connectivity index (χ0v) is 28.7. The standard InChI is InChI=1S/C44H33N3O6/c1-44-32(41(50)47(43(44)52)26-10-3-2-4-11-26)23-31-29(38(44)37-28-12-6-5-9-24(28)17-22-34(37)48)20-21-30-36(31)42(51)46(40(30)49)27-18-15-25(16-19-27)39-45-33-13-7-8-14-35(33)53-39/h2-20,22,30-32,36,38,48H,21,23H2,1H3. The Labute approximate surface area is 304 Å². The number of nitrogens with zero attached hydrogens (tertiary/aromatic N) is 3. The van der Waals surface area contributed by atoms with E-state index >= 15 is 0 Å². The Bertz CT molecular complexity index is 2540. The Hall–Kier alpha value is -6.35. The number of anilines is 2. The molecule has 9 nitrogen and oxygen atoms in total. The van der Waals surface area contributed by atoms with Gasteiger partial charge in [0.1, 0.15) is 11.3 Å². The minimum absolute atomic E-state index is 0.0187. The minimum atomic E-state index is -1.27. The molecule has 1 N–H and O–H groups in total. The summed E-state index contributed by atoms with van der Waals surface area (Å²) in [7, 11) is 0. The van der Waals surface area contributed by atoms with Crippen LogP contribution in [-0.4, -0.2) is 33.7 Å². The fourth-order valence-electron chi connectivity index (χ4n) is 9.74. The second-order valence-corrected chi connectivity index (χ2v) is 14.8. The molecule has 4 aliphatic rings. The molecule has 0 bridgehead atoms. The number of benzene rings is 5. The van der Waals surface area contributed by atoms with Crippen molar-refractivity contribution in [3.05, 3.63) is 132 Å². The van der Waals surface area contributed by atoms with Crippen molar-refractivity contribution >= 4 is 56.9 Å². The lowest BCUT2D eigenvalue weighted by molar-refractivity contribution is -0.131. The quantitative estimate of drug-likeness (QED) is 0.147. The molecular formula is C44H33N3O6. The van der Waals surface area contributed by atoms with Crippen LogP contribution in [0.15, 0.2) is 131 Å². The maximum atomic E-state index is 14.8. The summed E-state index contributed by atoms with van der Waals surface area (Å²) in [6.45, 7) is 1.84. The number of hydrogen-bond acceptors (Lipinski definition) is 7. The molecule has 2 saturated heterocycles. The molecule has 6 aromatic rings. The van der Waals surface area contributed by atoms with Crippen LogP contribution in [0.3, 0.4) is 0 Å². The number of para-hydroxylation sites is 3. The van der Waals surface area contributed by atoms with E-state index in [0.29, 0.717) is 40.4 Å². The number of allylic oxidation sites excluding steroid dienone is 2. The molecule has 2 aliphatic carbocycles. The van der Waals surface area contributed by atoms with Gasteiger partial charge in [-0.1, -0.05) is 72.3 Å². The van der Waals surface area contributed by atoms with Gasteiger partial charge in [-0.3, -0.25) is 24.1 Å². The van der Waals surface area contributed by atoms with Crippen LogP contribution in [0.2, 0.25) is 0 Å². The number of oxazole rings is 1. The van der Waals surface area contributed by atoms with Crippen LogP contribution in [0, 0.1) is 29.1 Å². The van der Waals surface area contributed by atoms with E-state index in [2.05, 4.69) is 4.98 Å². The Kier molecular flexibility index (Phi) is 6.71. The lowest BCUT2D eigenvalue weighted by atomic mass is 9.51. The molecule has 6 atom stereocenters. The average Bonchev–Trinajstić information content (AvgIpc) is 3.79. The third-order valence-corrected chi connectivity index (χ3v) is 12.2. The van der Waals surface area contributed by atoms with Crippen LogP contribution >= 0.6 is 0 Å². The monoisotopic (exact) mass is 699 g/mol. The van der Waals surface area contributed by atoms with Gasteiger partial charge in [-0.2, -0.15) is 0 Å². The van der Waals surface area contributed by atoms with Gasteiger partial charge in [0.15, 0.2) is 5.58 Å². The van der Waals surface area contributed by atoms with Gasteiger partial charge in [-0.05, 0) is 91.1 Å². The topological polar surface area (TPSA) is 121 Å². The van der Waals surface area contributed by atoms with E-state index < -0.39 is 35.0 Å². The first-order valence-electron chi connectivity index (χ1n) is 17.9. The highest BCUT2D eigenvalue weighted by atomic mass is 16.3. The van der Waals surface area contributed by atoms with Gasteiger partial charge in [-0.15, -0.1) is 0 Å². The summed E-state index contributed by atoms with van der Waals surface area (Å²) in [6.07, 6.45) is 2.53. The van der Waals surface area contributed by atoms with Crippen LogP contribution in [0.1, 0.15) is 31.2 Å². The van der Waals surface area contributed by atoms with Gasteiger partial charge >= 0.3 is 0 Å². The second-order valence-electron chi connectivity index (χ2n) is 14.8. The summed E-state index contributed by atoms with van der Waals surface area (Å²) < 4.78 is 5.94. The highest BCUT2D eigenvalue weighted by Gasteiger charge is 2.68. The van der Waals surface area contributed by atoms with E-state index in [1.165, 1.54) is 9.80 Å². The zero-order valence-electron chi connectivity index (χ0n) is 28.7. The van der Waals surface area contributed by atoms with Gasteiger partial charge in [0.05, 0.1) is 34.5 Å². The summed E-state index contributed by atoms with van der Waals surface area (Å²) in [4.78, 5) is 65.3. The molecule has 3 heterocycles. The van der Waals surface area contributed by atoms with Gasteiger partial charge in [0, 0.05) is 17.0 Å². The zero-order chi connectivity index (χ0) is 36.2. The van der Waals surface area contributed by atoms with Crippen molar-refractivity contribution < 1.29 is 28.7 Å². The van der Waals surface area contributed by atoms with Crippen LogP contribution in [0.4, 0.5) is 11.4 Å². The fourth-order valence-corrected chi connectivity index (χ4v) is 9.74. The Balaban J connectivity index is 1.07. The number of phenolic OH excluding ortho intramolecular Hbond substituents is 1. The SMILES string of the molecule is CC12C(=O)N(c3ccccc3)C(=O)C1CC1C(=CCC3C(=O)N(c4ccc(-c5nc6ccccc6o5)cc4)C(=O)C31)C2c1c(O)ccc2ccccc12. The van der Waals surface area contributed by atoms with E-state index in [0.717, 1.165) is 21.9 Å². The molecule has 1 aromatic heterocycles. The number of carbonyl (C=O) groups excluding carboxylic acids is 4. The summed E-state index contributed by atoms with van der Waals surface area (Å²) in [5.74, 6) is -4.24. The van der Waals surface area contributed by atoms with Crippen molar-refractivity contribution in [2.75, 3.05) is 9.80 Å². The highest BCUT2D eigenvalue weighted by molar-refractivity contribution is 6.25.